The fraction of sp³-hybridized carbons (Fsp3) is 0.694. The topological polar surface area (TPSA) is 117 Å². The van der Waals surface area contributed by atoms with Crippen LogP contribution in [0.25, 0.3) is 11.0 Å². The molecule has 4 fully saturated rings. The van der Waals surface area contributed by atoms with E-state index in [4.69, 9.17) is 18.9 Å². The van der Waals surface area contributed by atoms with Gasteiger partial charge in [0.2, 0.25) is 11.8 Å². The summed E-state index contributed by atoms with van der Waals surface area (Å²) in [5.74, 6) is -4.16. The van der Waals surface area contributed by atoms with E-state index in [0.29, 0.717) is 68.3 Å². The highest BCUT2D eigenvalue weighted by molar-refractivity contribution is 5.87. The minimum absolute atomic E-state index is 0.0293. The van der Waals surface area contributed by atoms with Gasteiger partial charge in [0.1, 0.15) is 24.2 Å². The van der Waals surface area contributed by atoms with Crippen molar-refractivity contribution in [3.8, 4) is 11.6 Å². The first-order valence-electron chi connectivity index (χ1n) is 17.4. The van der Waals surface area contributed by atoms with E-state index in [1.54, 1.807) is 25.1 Å². The Kier molecular flexibility index (Phi) is 8.83. The molecule has 10 nitrogen and oxygen atoms in total. The van der Waals surface area contributed by atoms with Crippen LogP contribution in [-0.4, -0.2) is 78.1 Å². The molecule has 260 valence electrons. The van der Waals surface area contributed by atoms with Crippen molar-refractivity contribution in [2.45, 2.75) is 95.8 Å². The van der Waals surface area contributed by atoms with E-state index in [9.17, 15) is 14.4 Å². The minimum atomic E-state index is -3.35. The van der Waals surface area contributed by atoms with Crippen molar-refractivity contribution in [3.05, 3.63) is 23.9 Å². The third-order valence-electron chi connectivity index (χ3n) is 12.0. The number of amides is 1. The van der Waals surface area contributed by atoms with Gasteiger partial charge in [-0.3, -0.25) is 9.59 Å². The Hall–Kier alpha value is -3.41. The van der Waals surface area contributed by atoms with Crippen LogP contribution in [0.4, 0.5) is 8.78 Å². The van der Waals surface area contributed by atoms with Crippen LogP contribution in [0.15, 0.2) is 18.2 Å². The molecule has 2 bridgehead atoms. The number of aldehydes is 1. The van der Waals surface area contributed by atoms with Gasteiger partial charge in [-0.05, 0) is 73.8 Å². The number of carbonyl (C=O) groups excluding carboxylic acids is 3. The predicted molar refractivity (Wildman–Crippen MR) is 169 cm³/mol. The number of ether oxygens (including phenoxy) is 4. The number of rotatable bonds is 3. The van der Waals surface area contributed by atoms with Crippen molar-refractivity contribution < 1.29 is 42.1 Å². The van der Waals surface area contributed by atoms with Crippen molar-refractivity contribution in [1.82, 2.24) is 14.9 Å². The summed E-state index contributed by atoms with van der Waals surface area (Å²) >= 11 is 0. The van der Waals surface area contributed by atoms with E-state index in [1.165, 1.54) is 12.0 Å². The van der Waals surface area contributed by atoms with Gasteiger partial charge < -0.3 is 28.6 Å². The van der Waals surface area contributed by atoms with Gasteiger partial charge in [-0.15, -0.1) is 0 Å². The Labute approximate surface area is 279 Å². The van der Waals surface area contributed by atoms with Crippen LogP contribution in [0.5, 0.6) is 11.6 Å². The van der Waals surface area contributed by atoms with E-state index >= 15 is 8.78 Å². The van der Waals surface area contributed by atoms with E-state index < -0.39 is 53.4 Å². The minimum Gasteiger partial charge on any atom is -0.497 e. The summed E-state index contributed by atoms with van der Waals surface area (Å²) in [5, 5.41) is 0. The zero-order chi connectivity index (χ0) is 33.8. The largest absolute Gasteiger partial charge is 0.497 e. The SMILES string of the molecule is COc1ccc2nc3c(nc2c1)O[C@H]1CN(C(=O)[C@H](C2(C)CCOCC2)CC(=O)O[C@@H]2CC4CC4[C@H]2CCCCC3(F)F)[C@H](C=O)[C@@H]1C. The fourth-order valence-electron chi connectivity index (χ4n) is 8.77. The summed E-state index contributed by atoms with van der Waals surface area (Å²) in [5.41, 5.74) is -0.498. The van der Waals surface area contributed by atoms with Gasteiger partial charge in [-0.1, -0.05) is 20.3 Å². The van der Waals surface area contributed by atoms with E-state index in [-0.39, 0.29) is 48.7 Å². The van der Waals surface area contributed by atoms with Gasteiger partial charge in [0.15, 0.2) is 5.69 Å². The number of methoxy groups -OCH3 is 1. The summed E-state index contributed by atoms with van der Waals surface area (Å²) in [4.78, 5) is 51.1. The number of alkyl halides is 2. The van der Waals surface area contributed by atoms with Crippen molar-refractivity contribution in [2.75, 3.05) is 26.9 Å². The van der Waals surface area contributed by atoms with Crippen LogP contribution in [0.2, 0.25) is 0 Å². The summed E-state index contributed by atoms with van der Waals surface area (Å²) in [7, 11) is 1.50. The predicted octanol–water partition coefficient (Wildman–Crippen LogP) is 5.49. The summed E-state index contributed by atoms with van der Waals surface area (Å²) in [6, 6.07) is 3.97. The number of benzene rings is 1. The van der Waals surface area contributed by atoms with Crippen LogP contribution < -0.4 is 9.47 Å². The molecular formula is C36H45F2N3O7. The van der Waals surface area contributed by atoms with E-state index in [1.807, 2.05) is 6.92 Å². The number of nitrogens with zero attached hydrogens (tertiary/aromatic N) is 3. The smallest absolute Gasteiger partial charge is 0.306 e. The molecule has 12 heteroatoms. The highest BCUT2D eigenvalue weighted by Crippen LogP contribution is 2.58. The second-order valence-corrected chi connectivity index (χ2v) is 14.9. The third kappa shape index (κ3) is 6.13. The molecule has 8 atom stereocenters. The maximum absolute atomic E-state index is 16.1. The molecule has 2 aliphatic carbocycles. The Balaban J connectivity index is 1.27. The fourth-order valence-corrected chi connectivity index (χ4v) is 8.77. The monoisotopic (exact) mass is 669 g/mol. The summed E-state index contributed by atoms with van der Waals surface area (Å²) in [6.07, 6.45) is 3.57. The van der Waals surface area contributed by atoms with Crippen LogP contribution in [-0.2, 0) is 29.8 Å². The Morgan fingerprint density at radius 3 is 2.54 bits per heavy atom. The lowest BCUT2D eigenvalue weighted by Crippen LogP contribution is -2.49. The molecule has 0 N–H and O–H groups in total. The van der Waals surface area contributed by atoms with Crippen molar-refractivity contribution in [3.63, 3.8) is 0 Å². The molecule has 2 saturated carbocycles. The standard InChI is InChI=1S/C36H45F2N3O7/c1-20-28(19-42)41-18-30(20)48-33-32(39-26-8-7-22(45-3)16-27(26)40-33)36(37,38)9-5-4-6-23-24-14-21(24)15-29(23)47-31(43)17-25(34(41)44)35(2)10-12-46-13-11-35/h7-8,16,19-21,23-25,28-30H,4-6,9-15,17-18H2,1-3H3/t20-,21?,23+,24?,25+,28+,29+,30-/m0/s1. The molecule has 1 amide bonds. The Morgan fingerprint density at radius 2 is 1.79 bits per heavy atom. The molecule has 4 heterocycles. The number of halogens is 2. The lowest BCUT2D eigenvalue weighted by Gasteiger charge is -2.41. The van der Waals surface area contributed by atoms with Gasteiger partial charge in [-0.2, -0.15) is 8.78 Å². The number of aromatic nitrogens is 2. The first kappa shape index (κ1) is 33.1. The van der Waals surface area contributed by atoms with E-state index in [0.717, 1.165) is 12.8 Å². The molecule has 2 aromatic rings. The molecule has 2 unspecified atom stereocenters. The van der Waals surface area contributed by atoms with Crippen molar-refractivity contribution in [2.24, 2.45) is 35.0 Å². The number of hydrogen-bond donors (Lipinski definition) is 0. The molecule has 0 radical (unpaired) electrons. The van der Waals surface area contributed by atoms with Crippen LogP contribution in [0, 0.1) is 35.0 Å². The average molecular weight is 670 g/mol. The van der Waals surface area contributed by atoms with Gasteiger partial charge in [0.05, 0.1) is 43.1 Å². The first-order chi connectivity index (χ1) is 23.0. The Morgan fingerprint density at radius 1 is 1.00 bits per heavy atom. The quantitative estimate of drug-likeness (QED) is 0.309. The average Bonchev–Trinajstić information content (AvgIpc) is 3.65. The zero-order valence-corrected chi connectivity index (χ0v) is 27.9. The summed E-state index contributed by atoms with van der Waals surface area (Å²) < 4.78 is 55.6. The van der Waals surface area contributed by atoms with E-state index in [2.05, 4.69) is 9.97 Å². The van der Waals surface area contributed by atoms with Crippen molar-refractivity contribution in [1.29, 1.82) is 0 Å². The number of carbonyl (C=O) groups is 3. The number of fused-ring (bicyclic) bond motifs is 7. The van der Waals surface area contributed by atoms with Crippen LogP contribution in [0.3, 0.4) is 0 Å². The molecule has 2 saturated heterocycles. The van der Waals surface area contributed by atoms with Gasteiger partial charge >= 0.3 is 5.97 Å². The third-order valence-corrected chi connectivity index (χ3v) is 12.0. The molecule has 3 aliphatic heterocycles. The normalized spacial score (nSPS) is 34.9. The highest BCUT2D eigenvalue weighted by atomic mass is 19.3. The lowest BCUT2D eigenvalue weighted by atomic mass is 9.69. The first-order valence-corrected chi connectivity index (χ1v) is 17.4. The number of esters is 1. The molecule has 48 heavy (non-hydrogen) atoms. The van der Waals surface area contributed by atoms with Gasteiger partial charge in [0, 0.05) is 31.6 Å². The van der Waals surface area contributed by atoms with Gasteiger partial charge in [-0.25, -0.2) is 9.97 Å². The zero-order valence-electron chi connectivity index (χ0n) is 27.9. The second kappa shape index (κ2) is 12.8. The lowest BCUT2D eigenvalue weighted by molar-refractivity contribution is -0.160. The van der Waals surface area contributed by atoms with Gasteiger partial charge in [0.25, 0.3) is 5.92 Å². The maximum atomic E-state index is 16.1. The second-order valence-electron chi connectivity index (χ2n) is 14.9. The molecule has 7 rings (SSSR count). The molecule has 1 aromatic carbocycles. The molecule has 1 aromatic heterocycles. The molecular weight excluding hydrogens is 624 g/mol. The molecule has 5 aliphatic rings. The van der Waals surface area contributed by atoms with Crippen molar-refractivity contribution >= 4 is 29.2 Å². The highest BCUT2D eigenvalue weighted by Gasteiger charge is 2.55. The Bertz CT molecular complexity index is 1570. The maximum Gasteiger partial charge on any atom is 0.306 e. The number of hydrogen-bond acceptors (Lipinski definition) is 9. The van der Waals surface area contributed by atoms with Crippen LogP contribution >= 0.6 is 0 Å². The summed E-state index contributed by atoms with van der Waals surface area (Å²) in [6.45, 7) is 4.66. The molecule has 0 spiro atoms. The van der Waals surface area contributed by atoms with Crippen LogP contribution in [0.1, 0.15) is 77.3 Å².